The minimum Gasteiger partial charge on any atom is -0.443 e. The molecule has 2 N–H and O–H groups in total. The molecule has 31 heavy (non-hydrogen) atoms. The molecule has 3 aromatic heterocycles. The molecule has 1 aromatic carbocycles. The lowest BCUT2D eigenvalue weighted by Gasteiger charge is -2.11. The summed E-state index contributed by atoms with van der Waals surface area (Å²) in [6.07, 6.45) is 5.79. The molecule has 4 aromatic rings. The fourth-order valence-electron chi connectivity index (χ4n) is 3.15. The van der Waals surface area contributed by atoms with Crippen molar-refractivity contribution < 1.29 is 26.4 Å². The van der Waals surface area contributed by atoms with Crippen LogP contribution < -0.4 is 4.72 Å². The van der Waals surface area contributed by atoms with Crippen molar-refractivity contribution in [2.45, 2.75) is 13.3 Å². The molecular formula is C20H16F2N4O4S. The fourth-order valence-corrected chi connectivity index (χ4v) is 4.28. The highest BCUT2D eigenvalue weighted by Crippen LogP contribution is 2.29. The van der Waals surface area contributed by atoms with E-state index in [4.69, 9.17) is 4.42 Å². The topological polar surface area (TPSA) is 118 Å². The summed E-state index contributed by atoms with van der Waals surface area (Å²) >= 11 is 0. The highest BCUT2D eigenvalue weighted by Gasteiger charge is 2.26. The van der Waals surface area contributed by atoms with Gasteiger partial charge in [0.15, 0.2) is 18.0 Å². The van der Waals surface area contributed by atoms with Gasteiger partial charge in [-0.2, -0.15) is 0 Å². The first-order valence-electron chi connectivity index (χ1n) is 9.20. The Morgan fingerprint density at radius 3 is 2.77 bits per heavy atom. The monoisotopic (exact) mass is 446 g/mol. The number of ketones is 1. The molecule has 160 valence electrons. The number of anilines is 1. The SMILES string of the molecule is CCCS(=O)(=O)Nc1ccc(F)c(C(=O)c2c[nH]c3ncc(-c4cnco4)cc23)c1F. The average Bonchev–Trinajstić information content (AvgIpc) is 3.39. The minimum absolute atomic E-state index is 0.0322. The number of oxazole rings is 1. The van der Waals surface area contributed by atoms with Crippen molar-refractivity contribution in [2.75, 3.05) is 10.5 Å². The van der Waals surface area contributed by atoms with Crippen LogP contribution in [0.25, 0.3) is 22.4 Å². The molecule has 4 rings (SSSR count). The summed E-state index contributed by atoms with van der Waals surface area (Å²) in [4.78, 5) is 23.9. The first kappa shape index (κ1) is 20.7. The van der Waals surface area contributed by atoms with E-state index in [9.17, 15) is 17.6 Å². The zero-order valence-electron chi connectivity index (χ0n) is 16.1. The van der Waals surface area contributed by atoms with Gasteiger partial charge in [0.1, 0.15) is 11.5 Å². The molecule has 0 spiro atoms. The molecule has 0 saturated carbocycles. The summed E-state index contributed by atoms with van der Waals surface area (Å²) in [7, 11) is -3.84. The first-order chi connectivity index (χ1) is 14.8. The van der Waals surface area contributed by atoms with Crippen LogP contribution >= 0.6 is 0 Å². The van der Waals surface area contributed by atoms with E-state index in [1.54, 1.807) is 13.0 Å². The van der Waals surface area contributed by atoms with Gasteiger partial charge in [0.2, 0.25) is 15.8 Å². The Kier molecular flexibility index (Phi) is 5.27. The summed E-state index contributed by atoms with van der Waals surface area (Å²) in [5.74, 6) is -3.22. The van der Waals surface area contributed by atoms with Crippen molar-refractivity contribution in [2.24, 2.45) is 0 Å². The van der Waals surface area contributed by atoms with Crippen molar-refractivity contribution >= 4 is 32.5 Å². The largest absolute Gasteiger partial charge is 0.443 e. The van der Waals surface area contributed by atoms with Crippen LogP contribution in [0, 0.1) is 11.6 Å². The van der Waals surface area contributed by atoms with E-state index in [0.717, 1.165) is 12.1 Å². The number of nitrogens with zero attached hydrogens (tertiary/aromatic N) is 2. The van der Waals surface area contributed by atoms with Crippen LogP contribution in [0.2, 0.25) is 0 Å². The van der Waals surface area contributed by atoms with E-state index >= 15 is 4.39 Å². The number of rotatable bonds is 7. The number of nitrogens with one attached hydrogen (secondary N) is 2. The zero-order valence-corrected chi connectivity index (χ0v) is 17.0. The molecular weight excluding hydrogens is 430 g/mol. The number of sulfonamides is 1. The lowest BCUT2D eigenvalue weighted by molar-refractivity contribution is 0.103. The fraction of sp³-hybridized carbons (Fsp3) is 0.150. The Bertz CT molecular complexity index is 1380. The standard InChI is InChI=1S/C20H16F2N4O4S/c1-2-5-31(28,29)26-15-4-3-14(21)17(18(15)22)19(27)13-8-25-20-12(13)6-11(7-24-20)16-9-23-10-30-16/h3-4,6-10,26H,2,5H2,1H3,(H,24,25). The molecule has 0 atom stereocenters. The molecule has 0 bridgehead atoms. The maximum absolute atomic E-state index is 15.0. The Balaban J connectivity index is 1.79. The van der Waals surface area contributed by atoms with E-state index < -0.39 is 38.7 Å². The van der Waals surface area contributed by atoms with Gasteiger partial charge in [-0.05, 0) is 24.6 Å². The molecule has 0 unspecified atom stereocenters. The van der Waals surface area contributed by atoms with Crippen LogP contribution in [0.5, 0.6) is 0 Å². The maximum atomic E-state index is 15.0. The van der Waals surface area contributed by atoms with Gasteiger partial charge in [-0.25, -0.2) is 27.2 Å². The average molecular weight is 446 g/mol. The summed E-state index contributed by atoms with van der Waals surface area (Å²) in [5, 5.41) is 0.315. The number of hydrogen-bond acceptors (Lipinski definition) is 6. The van der Waals surface area contributed by atoms with Crippen LogP contribution in [-0.2, 0) is 10.0 Å². The van der Waals surface area contributed by atoms with Gasteiger partial charge in [0, 0.05) is 28.9 Å². The zero-order chi connectivity index (χ0) is 22.2. The van der Waals surface area contributed by atoms with Gasteiger partial charge < -0.3 is 9.40 Å². The predicted molar refractivity (Wildman–Crippen MR) is 109 cm³/mol. The number of hydrogen-bond donors (Lipinski definition) is 2. The number of carbonyl (C=O) groups excluding carboxylic acids is 1. The van der Waals surface area contributed by atoms with Crippen molar-refractivity contribution in [3.05, 3.63) is 65.9 Å². The van der Waals surface area contributed by atoms with Gasteiger partial charge in [0.05, 0.1) is 23.2 Å². The molecule has 0 amide bonds. The Labute approximate surface area is 175 Å². The van der Waals surface area contributed by atoms with E-state index in [1.807, 2.05) is 0 Å². The second-order valence-electron chi connectivity index (χ2n) is 6.72. The summed E-state index contributed by atoms with van der Waals surface area (Å²) in [6.45, 7) is 1.65. The molecule has 3 heterocycles. The van der Waals surface area contributed by atoms with E-state index in [0.29, 0.717) is 28.8 Å². The molecule has 0 fully saturated rings. The highest BCUT2D eigenvalue weighted by atomic mass is 32.2. The molecule has 0 aliphatic carbocycles. The molecule has 0 saturated heterocycles. The van der Waals surface area contributed by atoms with Crippen molar-refractivity contribution in [3.63, 3.8) is 0 Å². The predicted octanol–water partition coefficient (Wildman–Crippen LogP) is 3.88. The van der Waals surface area contributed by atoms with Crippen molar-refractivity contribution in [1.29, 1.82) is 0 Å². The number of H-pyrrole nitrogens is 1. The molecule has 8 nitrogen and oxygen atoms in total. The van der Waals surface area contributed by atoms with E-state index in [1.165, 1.54) is 25.0 Å². The molecule has 11 heteroatoms. The third-order valence-electron chi connectivity index (χ3n) is 4.55. The molecule has 0 aliphatic heterocycles. The first-order valence-corrected chi connectivity index (χ1v) is 10.8. The summed E-state index contributed by atoms with van der Waals surface area (Å²) < 4.78 is 60.7. The third kappa shape index (κ3) is 3.91. The number of pyridine rings is 1. The summed E-state index contributed by atoms with van der Waals surface area (Å²) in [5.41, 5.74) is -0.565. The van der Waals surface area contributed by atoms with Gasteiger partial charge in [-0.3, -0.25) is 9.52 Å². The van der Waals surface area contributed by atoms with E-state index in [-0.39, 0.29) is 11.3 Å². The molecule has 0 aliphatic rings. The van der Waals surface area contributed by atoms with Gasteiger partial charge in [-0.1, -0.05) is 6.92 Å². The van der Waals surface area contributed by atoms with Gasteiger partial charge in [0.25, 0.3) is 0 Å². The quantitative estimate of drug-likeness (QED) is 0.416. The van der Waals surface area contributed by atoms with Crippen LogP contribution in [0.3, 0.4) is 0 Å². The Hall–Kier alpha value is -3.60. The van der Waals surface area contributed by atoms with Crippen LogP contribution in [0.1, 0.15) is 29.3 Å². The van der Waals surface area contributed by atoms with Gasteiger partial charge in [-0.15, -0.1) is 0 Å². The minimum atomic E-state index is -3.84. The number of halogens is 2. The Morgan fingerprint density at radius 2 is 2.06 bits per heavy atom. The number of aromatic nitrogens is 3. The number of benzene rings is 1. The third-order valence-corrected chi connectivity index (χ3v) is 6.03. The van der Waals surface area contributed by atoms with Crippen molar-refractivity contribution in [1.82, 2.24) is 15.0 Å². The lowest BCUT2D eigenvalue weighted by Crippen LogP contribution is -2.18. The number of fused-ring (bicyclic) bond motifs is 1. The van der Waals surface area contributed by atoms with Gasteiger partial charge >= 0.3 is 0 Å². The van der Waals surface area contributed by atoms with Crippen LogP contribution in [-0.4, -0.2) is 34.9 Å². The lowest BCUT2D eigenvalue weighted by atomic mass is 10.0. The normalized spacial score (nSPS) is 11.7. The number of aromatic amines is 1. The highest BCUT2D eigenvalue weighted by molar-refractivity contribution is 7.92. The van der Waals surface area contributed by atoms with Crippen LogP contribution in [0.4, 0.5) is 14.5 Å². The molecule has 0 radical (unpaired) electrons. The second-order valence-corrected chi connectivity index (χ2v) is 8.56. The Morgan fingerprint density at radius 1 is 1.26 bits per heavy atom. The van der Waals surface area contributed by atoms with E-state index in [2.05, 4.69) is 19.7 Å². The number of carbonyl (C=O) groups is 1. The maximum Gasteiger partial charge on any atom is 0.232 e. The second kappa shape index (κ2) is 7.91. The summed E-state index contributed by atoms with van der Waals surface area (Å²) in [6, 6.07) is 3.36. The smallest absolute Gasteiger partial charge is 0.232 e. The van der Waals surface area contributed by atoms with Crippen molar-refractivity contribution in [3.8, 4) is 11.3 Å². The van der Waals surface area contributed by atoms with Crippen LogP contribution in [0.15, 0.2) is 47.6 Å².